The summed E-state index contributed by atoms with van der Waals surface area (Å²) in [6.45, 7) is 2.76. The van der Waals surface area contributed by atoms with Crippen molar-refractivity contribution in [2.45, 2.75) is 38.0 Å². The van der Waals surface area contributed by atoms with Gasteiger partial charge in [-0.2, -0.15) is 0 Å². The number of hydrogen-bond donors (Lipinski definition) is 1. The van der Waals surface area contributed by atoms with Crippen molar-refractivity contribution < 1.29 is 5.11 Å². The molecule has 1 aromatic heterocycles. The van der Waals surface area contributed by atoms with E-state index in [-0.39, 0.29) is 6.10 Å². The smallest absolute Gasteiger partial charge is 0.0951 e. The van der Waals surface area contributed by atoms with Crippen molar-refractivity contribution in [1.29, 1.82) is 0 Å². The Morgan fingerprint density at radius 2 is 2.27 bits per heavy atom. The number of rotatable bonds is 3. The molecule has 1 unspecified atom stereocenters. The Morgan fingerprint density at radius 3 is 2.93 bits per heavy atom. The Hall–Kier alpha value is -0.870. The molecular weight excluding hydrogens is 190 g/mol. The van der Waals surface area contributed by atoms with Crippen LogP contribution in [0.15, 0.2) is 12.5 Å². The maximum atomic E-state index is 9.45. The second-order valence-corrected chi connectivity index (χ2v) is 4.70. The van der Waals surface area contributed by atoms with Gasteiger partial charge in [0.2, 0.25) is 0 Å². The topological polar surface area (TPSA) is 41.3 Å². The number of hydrogen-bond acceptors (Lipinski definition) is 3. The van der Waals surface area contributed by atoms with Crippen molar-refractivity contribution in [2.75, 3.05) is 13.1 Å². The van der Waals surface area contributed by atoms with Crippen LogP contribution in [0.5, 0.6) is 0 Å². The Bertz CT molecular complexity index is 345. The van der Waals surface area contributed by atoms with Crippen molar-refractivity contribution in [3.05, 3.63) is 18.2 Å². The van der Waals surface area contributed by atoms with Gasteiger partial charge in [0, 0.05) is 31.9 Å². The van der Waals surface area contributed by atoms with E-state index in [0.717, 1.165) is 26.1 Å². The summed E-state index contributed by atoms with van der Waals surface area (Å²) in [6, 6.07) is 0.704. The molecule has 1 aliphatic heterocycles. The molecule has 1 atom stereocenters. The van der Waals surface area contributed by atoms with E-state index < -0.39 is 0 Å². The first-order chi connectivity index (χ1) is 7.33. The van der Waals surface area contributed by atoms with Crippen LogP contribution >= 0.6 is 0 Å². The minimum absolute atomic E-state index is 0.123. The SMILES string of the molecule is OC1CCN(Cc2cncn2C2CC2)C1. The third kappa shape index (κ3) is 1.92. The van der Waals surface area contributed by atoms with Crippen molar-refractivity contribution in [2.24, 2.45) is 0 Å². The monoisotopic (exact) mass is 207 g/mol. The van der Waals surface area contributed by atoms with Crippen LogP contribution in [-0.4, -0.2) is 38.8 Å². The zero-order chi connectivity index (χ0) is 10.3. The molecule has 0 radical (unpaired) electrons. The van der Waals surface area contributed by atoms with Gasteiger partial charge in [-0.3, -0.25) is 4.90 Å². The number of aliphatic hydroxyl groups is 1. The summed E-state index contributed by atoms with van der Waals surface area (Å²) < 4.78 is 2.30. The number of aliphatic hydroxyl groups excluding tert-OH is 1. The maximum absolute atomic E-state index is 9.45. The maximum Gasteiger partial charge on any atom is 0.0951 e. The average Bonchev–Trinajstić information content (AvgIpc) is 2.83. The Labute approximate surface area is 89.5 Å². The highest BCUT2D eigenvalue weighted by atomic mass is 16.3. The molecular formula is C11H17N3O. The predicted octanol–water partition coefficient (Wildman–Crippen LogP) is 0.785. The van der Waals surface area contributed by atoms with Crippen LogP contribution in [0.4, 0.5) is 0 Å². The minimum Gasteiger partial charge on any atom is -0.392 e. The minimum atomic E-state index is -0.123. The lowest BCUT2D eigenvalue weighted by Crippen LogP contribution is -2.22. The lowest BCUT2D eigenvalue weighted by Gasteiger charge is -2.15. The summed E-state index contributed by atoms with van der Waals surface area (Å²) >= 11 is 0. The Kier molecular flexibility index (Phi) is 2.25. The first-order valence-corrected chi connectivity index (χ1v) is 5.74. The zero-order valence-corrected chi connectivity index (χ0v) is 8.84. The van der Waals surface area contributed by atoms with Crippen LogP contribution in [0.3, 0.4) is 0 Å². The Morgan fingerprint density at radius 1 is 1.40 bits per heavy atom. The second-order valence-electron chi connectivity index (χ2n) is 4.70. The van der Waals surface area contributed by atoms with Crippen LogP contribution in [-0.2, 0) is 6.54 Å². The third-order valence-corrected chi connectivity index (χ3v) is 3.32. The van der Waals surface area contributed by atoms with Crippen molar-refractivity contribution in [1.82, 2.24) is 14.5 Å². The van der Waals surface area contributed by atoms with E-state index in [0.29, 0.717) is 6.04 Å². The summed E-state index contributed by atoms with van der Waals surface area (Å²) in [6.07, 6.45) is 7.29. The summed E-state index contributed by atoms with van der Waals surface area (Å²) in [7, 11) is 0. The van der Waals surface area contributed by atoms with Crippen LogP contribution in [0.25, 0.3) is 0 Å². The van der Waals surface area contributed by atoms with Gasteiger partial charge in [0.05, 0.1) is 18.1 Å². The highest BCUT2D eigenvalue weighted by molar-refractivity contribution is 5.04. The van der Waals surface area contributed by atoms with Crippen molar-refractivity contribution in [3.63, 3.8) is 0 Å². The number of nitrogens with zero attached hydrogens (tertiary/aromatic N) is 3. The number of β-amino-alcohol motifs (C(OH)–C–C–N with tert-alkyl or cyclic N) is 1. The molecule has 15 heavy (non-hydrogen) atoms. The van der Waals surface area contributed by atoms with Gasteiger partial charge in [-0.1, -0.05) is 0 Å². The van der Waals surface area contributed by atoms with E-state index in [1.165, 1.54) is 18.5 Å². The molecule has 4 nitrogen and oxygen atoms in total. The molecule has 82 valence electrons. The lowest BCUT2D eigenvalue weighted by molar-refractivity contribution is 0.174. The van der Waals surface area contributed by atoms with Crippen LogP contribution < -0.4 is 0 Å². The van der Waals surface area contributed by atoms with Gasteiger partial charge in [-0.15, -0.1) is 0 Å². The van der Waals surface area contributed by atoms with Gasteiger partial charge >= 0.3 is 0 Å². The quantitative estimate of drug-likeness (QED) is 0.796. The van der Waals surface area contributed by atoms with Crippen LogP contribution in [0.1, 0.15) is 31.0 Å². The van der Waals surface area contributed by atoms with Gasteiger partial charge in [0.25, 0.3) is 0 Å². The van der Waals surface area contributed by atoms with E-state index in [9.17, 15) is 5.11 Å². The zero-order valence-electron chi connectivity index (χ0n) is 8.84. The summed E-state index contributed by atoms with van der Waals surface area (Å²) in [4.78, 5) is 6.52. The fourth-order valence-corrected chi connectivity index (χ4v) is 2.32. The lowest BCUT2D eigenvalue weighted by atomic mass is 10.3. The highest BCUT2D eigenvalue weighted by Gasteiger charge is 2.27. The predicted molar refractivity (Wildman–Crippen MR) is 56.4 cm³/mol. The van der Waals surface area contributed by atoms with Gasteiger partial charge in [0.1, 0.15) is 0 Å². The molecule has 1 aromatic rings. The molecule has 2 heterocycles. The Balaban J connectivity index is 1.68. The average molecular weight is 207 g/mol. The van der Waals surface area contributed by atoms with Crippen LogP contribution in [0, 0.1) is 0 Å². The number of imidazole rings is 1. The molecule has 0 bridgehead atoms. The normalized spacial score (nSPS) is 27.4. The van der Waals surface area contributed by atoms with Gasteiger partial charge in [-0.05, 0) is 19.3 Å². The molecule has 2 aliphatic rings. The molecule has 1 saturated carbocycles. The third-order valence-electron chi connectivity index (χ3n) is 3.32. The van der Waals surface area contributed by atoms with E-state index >= 15 is 0 Å². The summed E-state index contributed by atoms with van der Waals surface area (Å²) in [5.41, 5.74) is 1.30. The number of aromatic nitrogens is 2. The molecule has 1 N–H and O–H groups in total. The molecule has 1 aliphatic carbocycles. The second kappa shape index (κ2) is 3.61. The first-order valence-electron chi connectivity index (χ1n) is 5.74. The van der Waals surface area contributed by atoms with Gasteiger partial charge < -0.3 is 9.67 Å². The molecule has 0 amide bonds. The van der Waals surface area contributed by atoms with Crippen molar-refractivity contribution >= 4 is 0 Å². The summed E-state index contributed by atoms with van der Waals surface area (Å²) in [5, 5.41) is 9.45. The van der Waals surface area contributed by atoms with E-state index in [1.54, 1.807) is 0 Å². The molecule has 4 heteroatoms. The standard InChI is InChI=1S/C11H17N3O/c15-11-3-4-13(7-11)6-10-5-12-8-14(10)9-1-2-9/h5,8-9,11,15H,1-4,6-7H2. The van der Waals surface area contributed by atoms with Crippen LogP contribution in [0.2, 0.25) is 0 Å². The van der Waals surface area contributed by atoms with E-state index in [2.05, 4.69) is 14.5 Å². The molecule has 0 aromatic carbocycles. The molecule has 1 saturated heterocycles. The summed E-state index contributed by atoms with van der Waals surface area (Å²) in [5.74, 6) is 0. The fraction of sp³-hybridized carbons (Fsp3) is 0.727. The first kappa shape index (κ1) is 9.36. The fourth-order valence-electron chi connectivity index (χ4n) is 2.32. The molecule has 3 rings (SSSR count). The van der Waals surface area contributed by atoms with E-state index in [1.807, 2.05) is 12.5 Å². The van der Waals surface area contributed by atoms with Crippen molar-refractivity contribution in [3.8, 4) is 0 Å². The van der Waals surface area contributed by atoms with Gasteiger partial charge in [-0.25, -0.2) is 4.98 Å². The molecule has 0 spiro atoms. The number of likely N-dealkylation sites (tertiary alicyclic amines) is 1. The highest BCUT2D eigenvalue weighted by Crippen LogP contribution is 2.35. The largest absolute Gasteiger partial charge is 0.392 e. The molecule has 2 fully saturated rings. The van der Waals surface area contributed by atoms with Gasteiger partial charge in [0.15, 0.2) is 0 Å². The van der Waals surface area contributed by atoms with E-state index in [4.69, 9.17) is 0 Å².